The van der Waals surface area contributed by atoms with Gasteiger partial charge in [0.25, 0.3) is 0 Å². The van der Waals surface area contributed by atoms with Crippen molar-refractivity contribution in [2.24, 2.45) is 0 Å². The van der Waals surface area contributed by atoms with E-state index in [1.807, 2.05) is 9.80 Å². The molecule has 1 aromatic carbocycles. The van der Waals surface area contributed by atoms with Crippen LogP contribution in [0.5, 0.6) is 0 Å². The van der Waals surface area contributed by atoms with Gasteiger partial charge in [-0.05, 0) is 17.7 Å². The number of nitriles is 2. The Morgan fingerprint density at radius 2 is 1.68 bits per heavy atom. The number of hydrogen-bond donors (Lipinski definition) is 0. The number of halogens is 1. The molecule has 2 heterocycles. The van der Waals surface area contributed by atoms with E-state index in [9.17, 15) is 14.9 Å². The molecule has 0 bridgehead atoms. The van der Waals surface area contributed by atoms with Crippen LogP contribution < -0.4 is 0 Å². The van der Waals surface area contributed by atoms with Crippen LogP contribution in [0.15, 0.2) is 24.3 Å². The Morgan fingerprint density at radius 1 is 1.04 bits per heavy atom. The Kier molecular flexibility index (Phi) is 5.62. The zero-order valence-electron chi connectivity index (χ0n) is 14.0. The fourth-order valence-corrected chi connectivity index (χ4v) is 3.63. The summed E-state index contributed by atoms with van der Waals surface area (Å²) in [5.74, 6) is -0.413. The van der Waals surface area contributed by atoms with Crippen LogP contribution in [0.3, 0.4) is 0 Å². The lowest BCUT2D eigenvalue weighted by Gasteiger charge is -2.47. The van der Waals surface area contributed by atoms with Crippen molar-refractivity contribution in [1.82, 2.24) is 9.80 Å². The summed E-state index contributed by atoms with van der Waals surface area (Å²) >= 11 is 0. The van der Waals surface area contributed by atoms with Gasteiger partial charge in [-0.1, -0.05) is 12.1 Å². The topological polar surface area (TPSA) is 72.5 Å². The summed E-state index contributed by atoms with van der Waals surface area (Å²) in [6.07, 6.45) is 0. The van der Waals surface area contributed by atoms with Crippen LogP contribution in [0.1, 0.15) is 5.56 Å². The van der Waals surface area contributed by atoms with Crippen LogP contribution in [-0.4, -0.2) is 68.4 Å². The average molecular weight is 344 g/mol. The molecule has 132 valence electrons. The van der Waals surface area contributed by atoms with Gasteiger partial charge in [0.05, 0.1) is 38.6 Å². The number of rotatable bonds is 4. The summed E-state index contributed by atoms with van der Waals surface area (Å²) in [5.41, 5.74) is -0.743. The highest BCUT2D eigenvalue weighted by molar-refractivity contribution is 5.38. The maximum atomic E-state index is 13.9. The Hall–Kier alpha value is -2.03. The summed E-state index contributed by atoms with van der Waals surface area (Å²) in [6, 6.07) is 10.0. The molecular weight excluding hydrogens is 323 g/mol. The van der Waals surface area contributed by atoms with Crippen molar-refractivity contribution >= 4 is 0 Å². The van der Waals surface area contributed by atoms with E-state index in [0.717, 1.165) is 0 Å². The first-order valence-electron chi connectivity index (χ1n) is 8.44. The summed E-state index contributed by atoms with van der Waals surface area (Å²) in [7, 11) is 0. The van der Waals surface area contributed by atoms with Crippen LogP contribution in [0.2, 0.25) is 0 Å². The predicted molar refractivity (Wildman–Crippen MR) is 87.9 cm³/mol. The Labute approximate surface area is 146 Å². The molecule has 0 amide bonds. The fraction of sp³-hybridized carbons (Fsp3) is 0.556. The van der Waals surface area contributed by atoms with Gasteiger partial charge in [-0.3, -0.25) is 9.80 Å². The first-order valence-corrected chi connectivity index (χ1v) is 8.44. The van der Waals surface area contributed by atoms with E-state index < -0.39 is 17.4 Å². The summed E-state index contributed by atoms with van der Waals surface area (Å²) < 4.78 is 24.7. The van der Waals surface area contributed by atoms with Crippen LogP contribution in [0.25, 0.3) is 0 Å². The van der Waals surface area contributed by atoms with Gasteiger partial charge < -0.3 is 9.47 Å². The molecule has 0 saturated carbocycles. The van der Waals surface area contributed by atoms with Crippen molar-refractivity contribution in [2.75, 3.05) is 52.6 Å². The molecule has 2 aliphatic heterocycles. The smallest absolute Gasteiger partial charge is 0.164 e. The van der Waals surface area contributed by atoms with Gasteiger partial charge in [-0.25, -0.2) is 4.39 Å². The minimum atomic E-state index is -1.25. The largest absolute Gasteiger partial charge is 0.379 e. The van der Waals surface area contributed by atoms with Crippen LogP contribution >= 0.6 is 0 Å². The van der Waals surface area contributed by atoms with E-state index in [1.54, 1.807) is 12.1 Å². The zero-order valence-corrected chi connectivity index (χ0v) is 14.0. The molecule has 2 atom stereocenters. The number of nitrogens with zero attached hydrogens (tertiary/aromatic N) is 4. The van der Waals surface area contributed by atoms with Gasteiger partial charge in [0, 0.05) is 26.2 Å². The molecule has 0 spiro atoms. The molecule has 6 nitrogen and oxygen atoms in total. The van der Waals surface area contributed by atoms with Crippen molar-refractivity contribution in [2.45, 2.75) is 11.6 Å². The van der Waals surface area contributed by atoms with Gasteiger partial charge in [-0.15, -0.1) is 0 Å². The molecule has 7 heteroatoms. The Morgan fingerprint density at radius 3 is 2.24 bits per heavy atom. The normalized spacial score (nSPS) is 23.2. The lowest BCUT2D eigenvalue weighted by Crippen LogP contribution is -2.62. The highest BCUT2D eigenvalue weighted by atomic mass is 19.1. The highest BCUT2D eigenvalue weighted by Gasteiger charge is 2.50. The summed E-state index contributed by atoms with van der Waals surface area (Å²) in [6.45, 7) is 4.19. The van der Waals surface area contributed by atoms with Gasteiger partial charge in [-0.2, -0.15) is 10.5 Å². The molecule has 0 aromatic heterocycles. The summed E-state index contributed by atoms with van der Waals surface area (Å²) in [5, 5.41) is 20.2. The van der Waals surface area contributed by atoms with Crippen molar-refractivity contribution < 1.29 is 13.9 Å². The molecule has 0 N–H and O–H groups in total. The van der Waals surface area contributed by atoms with Gasteiger partial charge >= 0.3 is 0 Å². The molecule has 0 aliphatic carbocycles. The van der Waals surface area contributed by atoms with E-state index in [0.29, 0.717) is 58.2 Å². The Bertz CT molecular complexity index is 674. The lowest BCUT2D eigenvalue weighted by atomic mass is 9.81. The van der Waals surface area contributed by atoms with Gasteiger partial charge in [0.2, 0.25) is 0 Å². The molecule has 2 fully saturated rings. The second-order valence-corrected chi connectivity index (χ2v) is 6.17. The quantitative estimate of drug-likeness (QED) is 0.814. The van der Waals surface area contributed by atoms with E-state index in [1.165, 1.54) is 12.1 Å². The van der Waals surface area contributed by atoms with E-state index in [4.69, 9.17) is 9.47 Å². The molecule has 25 heavy (non-hydrogen) atoms. The van der Waals surface area contributed by atoms with Crippen molar-refractivity contribution in [3.05, 3.63) is 35.6 Å². The Balaban J connectivity index is 2.09. The maximum Gasteiger partial charge on any atom is 0.164 e. The molecule has 2 unspecified atom stereocenters. The standard InChI is InChI=1S/C18H21FN4O2/c19-16-3-1-2-15(12-16)18(14-21,23-6-10-25-11-7-23)17(13-20)22-4-8-24-9-5-22/h1-3,12,17H,4-11H2. The van der Waals surface area contributed by atoms with Crippen molar-refractivity contribution in [1.29, 1.82) is 10.5 Å². The van der Waals surface area contributed by atoms with Crippen LogP contribution in [0.4, 0.5) is 4.39 Å². The molecule has 1 aromatic rings. The van der Waals surface area contributed by atoms with Gasteiger partial charge in [0.15, 0.2) is 5.54 Å². The third-order valence-electron chi connectivity index (χ3n) is 4.87. The number of morpholine rings is 2. The number of ether oxygens (including phenoxy) is 2. The van der Waals surface area contributed by atoms with Crippen molar-refractivity contribution in [3.63, 3.8) is 0 Å². The van der Waals surface area contributed by atoms with E-state index in [2.05, 4.69) is 12.1 Å². The first-order chi connectivity index (χ1) is 12.2. The monoisotopic (exact) mass is 344 g/mol. The minimum Gasteiger partial charge on any atom is -0.379 e. The molecule has 3 rings (SSSR count). The van der Waals surface area contributed by atoms with Crippen LogP contribution in [0, 0.1) is 28.5 Å². The second-order valence-electron chi connectivity index (χ2n) is 6.17. The fourth-order valence-electron chi connectivity index (χ4n) is 3.63. The van der Waals surface area contributed by atoms with Gasteiger partial charge in [0.1, 0.15) is 11.9 Å². The minimum absolute atomic E-state index is 0.413. The highest BCUT2D eigenvalue weighted by Crippen LogP contribution is 2.36. The number of hydrogen-bond acceptors (Lipinski definition) is 6. The second kappa shape index (κ2) is 7.90. The zero-order chi connectivity index (χ0) is 17.7. The van der Waals surface area contributed by atoms with E-state index in [-0.39, 0.29) is 0 Å². The molecule has 2 aliphatic rings. The third-order valence-corrected chi connectivity index (χ3v) is 4.87. The third kappa shape index (κ3) is 3.37. The summed E-state index contributed by atoms with van der Waals surface area (Å²) in [4.78, 5) is 3.92. The lowest BCUT2D eigenvalue weighted by molar-refractivity contribution is -0.0480. The maximum absolute atomic E-state index is 13.9. The molecule has 2 saturated heterocycles. The van der Waals surface area contributed by atoms with Crippen LogP contribution in [-0.2, 0) is 15.0 Å². The first kappa shape index (κ1) is 17.8. The SMILES string of the molecule is N#CC(N1CCOCC1)C(C#N)(c1cccc(F)c1)N1CCOCC1. The molecule has 0 radical (unpaired) electrons. The number of benzene rings is 1. The molecular formula is C18H21FN4O2. The van der Waals surface area contributed by atoms with Crippen molar-refractivity contribution in [3.8, 4) is 12.1 Å². The average Bonchev–Trinajstić information content (AvgIpc) is 2.67. The predicted octanol–water partition coefficient (Wildman–Crippen LogP) is 1.10. The van der Waals surface area contributed by atoms with E-state index >= 15 is 0 Å².